The summed E-state index contributed by atoms with van der Waals surface area (Å²) in [5.41, 5.74) is 0.290. The molecule has 0 amide bonds. The van der Waals surface area contributed by atoms with Crippen molar-refractivity contribution in [2.24, 2.45) is 0 Å². The van der Waals surface area contributed by atoms with Gasteiger partial charge in [0.2, 0.25) is 0 Å². The highest BCUT2D eigenvalue weighted by Gasteiger charge is 2.25. The Hall–Kier alpha value is -0.450. The molecule has 1 aliphatic heterocycles. The number of hydrogen-bond donors (Lipinski definition) is 2. The predicted octanol–water partition coefficient (Wildman–Crippen LogP) is 2.07. The molecule has 3 nitrogen and oxygen atoms in total. The second-order valence-electron chi connectivity index (χ2n) is 4.89. The monoisotopic (exact) mass is 239 g/mol. The molecular weight excluding hydrogens is 218 g/mol. The van der Waals surface area contributed by atoms with Crippen molar-refractivity contribution in [2.75, 3.05) is 13.1 Å². The average Bonchev–Trinajstić information content (AvgIpc) is 2.65. The molecule has 1 unspecified atom stereocenters. The van der Waals surface area contributed by atoms with Gasteiger partial charge in [-0.3, -0.25) is 0 Å². The number of hydrogen-bond acceptors (Lipinski definition) is 4. The first-order valence-corrected chi connectivity index (χ1v) is 6.87. The van der Waals surface area contributed by atoms with E-state index >= 15 is 0 Å². The molecule has 2 heterocycles. The maximum Gasteiger partial charge on any atom is 0.0897 e. The molecule has 2 N–H and O–H groups in total. The number of thiazole rings is 1. The van der Waals surface area contributed by atoms with Gasteiger partial charge in [-0.15, -0.1) is 11.3 Å². The van der Waals surface area contributed by atoms with E-state index in [9.17, 15) is 0 Å². The highest BCUT2D eigenvalue weighted by Crippen LogP contribution is 2.18. The molecular formula is C12H21N3S. The first kappa shape index (κ1) is 12.0. The molecule has 1 fully saturated rings. The molecule has 1 saturated heterocycles. The third-order valence-electron chi connectivity index (χ3n) is 3.19. The fraction of sp³-hybridized carbons (Fsp3) is 0.750. The van der Waals surface area contributed by atoms with Crippen molar-refractivity contribution < 1.29 is 0 Å². The van der Waals surface area contributed by atoms with Crippen LogP contribution in [-0.4, -0.2) is 23.6 Å². The van der Waals surface area contributed by atoms with E-state index in [0.29, 0.717) is 0 Å². The number of piperidine rings is 1. The smallest absolute Gasteiger partial charge is 0.0897 e. The van der Waals surface area contributed by atoms with Crippen molar-refractivity contribution in [1.29, 1.82) is 0 Å². The van der Waals surface area contributed by atoms with Crippen LogP contribution in [0.1, 0.15) is 36.1 Å². The minimum Gasteiger partial charge on any atom is -0.310 e. The van der Waals surface area contributed by atoms with E-state index in [2.05, 4.69) is 29.5 Å². The third kappa shape index (κ3) is 3.27. The molecule has 0 bridgehead atoms. The van der Waals surface area contributed by atoms with Crippen LogP contribution in [0.4, 0.5) is 0 Å². The number of rotatable bonds is 4. The zero-order valence-electron chi connectivity index (χ0n) is 10.2. The normalized spacial score (nSPS) is 25.9. The molecule has 90 valence electrons. The van der Waals surface area contributed by atoms with Gasteiger partial charge >= 0.3 is 0 Å². The average molecular weight is 239 g/mol. The van der Waals surface area contributed by atoms with Crippen LogP contribution in [0.5, 0.6) is 0 Å². The molecule has 0 saturated carbocycles. The molecule has 2 rings (SSSR count). The molecule has 1 aromatic heterocycles. The van der Waals surface area contributed by atoms with Gasteiger partial charge in [-0.1, -0.05) is 6.42 Å². The first-order chi connectivity index (χ1) is 7.68. The summed E-state index contributed by atoms with van der Waals surface area (Å²) in [5, 5.41) is 8.30. The summed E-state index contributed by atoms with van der Waals surface area (Å²) in [7, 11) is 0. The van der Waals surface area contributed by atoms with Gasteiger partial charge in [0.25, 0.3) is 0 Å². The lowest BCUT2D eigenvalue weighted by atomic mass is 9.91. The zero-order chi connectivity index (χ0) is 11.4. The van der Waals surface area contributed by atoms with Crippen LogP contribution >= 0.6 is 11.3 Å². The molecule has 4 heteroatoms. The van der Waals surface area contributed by atoms with Gasteiger partial charge in [0.05, 0.1) is 5.01 Å². The third-order valence-corrected chi connectivity index (χ3v) is 4.10. The fourth-order valence-corrected chi connectivity index (χ4v) is 2.98. The fourth-order valence-electron chi connectivity index (χ4n) is 2.22. The van der Waals surface area contributed by atoms with Crippen molar-refractivity contribution in [2.45, 2.75) is 45.2 Å². The summed E-state index contributed by atoms with van der Waals surface area (Å²) >= 11 is 1.78. The Morgan fingerprint density at radius 2 is 2.44 bits per heavy atom. The topological polar surface area (TPSA) is 37.0 Å². The maximum absolute atomic E-state index is 4.26. The van der Waals surface area contributed by atoms with E-state index in [0.717, 1.165) is 24.6 Å². The van der Waals surface area contributed by atoms with E-state index in [1.807, 2.05) is 6.20 Å². The molecule has 1 aliphatic rings. The van der Waals surface area contributed by atoms with Gasteiger partial charge < -0.3 is 10.6 Å². The molecule has 0 aromatic carbocycles. The highest BCUT2D eigenvalue weighted by atomic mass is 32.1. The summed E-state index contributed by atoms with van der Waals surface area (Å²) in [6, 6.07) is 0. The van der Waals surface area contributed by atoms with E-state index in [1.54, 1.807) is 11.3 Å². The van der Waals surface area contributed by atoms with Crippen LogP contribution in [0.3, 0.4) is 0 Å². The van der Waals surface area contributed by atoms with Gasteiger partial charge in [0.1, 0.15) is 0 Å². The first-order valence-electron chi connectivity index (χ1n) is 6.05. The minimum atomic E-state index is 0.290. The lowest BCUT2D eigenvalue weighted by Crippen LogP contribution is -2.52. The second kappa shape index (κ2) is 5.25. The summed E-state index contributed by atoms with van der Waals surface area (Å²) in [6.45, 7) is 7.53. The van der Waals surface area contributed by atoms with Gasteiger partial charge in [0.15, 0.2) is 0 Å². The Morgan fingerprint density at radius 3 is 3.06 bits per heavy atom. The SMILES string of the molecule is Cc1ncc(CNCC2(C)CCCCN2)s1. The number of aryl methyl sites for hydroxylation is 1. The molecule has 1 atom stereocenters. The van der Waals surface area contributed by atoms with E-state index in [-0.39, 0.29) is 5.54 Å². The highest BCUT2D eigenvalue weighted by molar-refractivity contribution is 7.11. The molecule has 0 spiro atoms. The predicted molar refractivity (Wildman–Crippen MR) is 68.8 cm³/mol. The standard InChI is InChI=1S/C12H21N3S/c1-10-14-8-11(16-10)7-13-9-12(2)5-3-4-6-15-12/h8,13,15H,3-7,9H2,1-2H3. The van der Waals surface area contributed by atoms with Gasteiger partial charge in [-0.05, 0) is 33.2 Å². The summed E-state index contributed by atoms with van der Waals surface area (Å²) < 4.78 is 0. The van der Waals surface area contributed by atoms with Crippen LogP contribution < -0.4 is 10.6 Å². The van der Waals surface area contributed by atoms with Gasteiger partial charge in [0, 0.05) is 29.7 Å². The Morgan fingerprint density at radius 1 is 1.56 bits per heavy atom. The minimum absolute atomic E-state index is 0.290. The Bertz CT molecular complexity index is 329. The Kier molecular flexibility index (Phi) is 3.95. The quantitative estimate of drug-likeness (QED) is 0.844. The van der Waals surface area contributed by atoms with E-state index < -0.39 is 0 Å². The number of nitrogens with one attached hydrogen (secondary N) is 2. The molecule has 1 aromatic rings. The van der Waals surface area contributed by atoms with Gasteiger partial charge in [-0.2, -0.15) is 0 Å². The van der Waals surface area contributed by atoms with E-state index in [4.69, 9.17) is 0 Å². The summed E-state index contributed by atoms with van der Waals surface area (Å²) in [4.78, 5) is 5.59. The van der Waals surface area contributed by atoms with Crippen LogP contribution in [0.2, 0.25) is 0 Å². The lowest BCUT2D eigenvalue weighted by molar-refractivity contribution is 0.267. The molecule has 16 heavy (non-hydrogen) atoms. The van der Waals surface area contributed by atoms with Crippen LogP contribution in [0.25, 0.3) is 0 Å². The maximum atomic E-state index is 4.26. The zero-order valence-corrected chi connectivity index (χ0v) is 11.0. The molecule has 0 radical (unpaired) electrons. The Labute approximate surface area is 102 Å². The van der Waals surface area contributed by atoms with Crippen molar-refractivity contribution in [3.63, 3.8) is 0 Å². The van der Waals surface area contributed by atoms with Crippen LogP contribution in [0.15, 0.2) is 6.20 Å². The summed E-state index contributed by atoms with van der Waals surface area (Å²) in [5.74, 6) is 0. The Balaban J connectivity index is 1.74. The van der Waals surface area contributed by atoms with E-state index in [1.165, 1.54) is 24.1 Å². The second-order valence-corrected chi connectivity index (χ2v) is 6.21. The molecule has 0 aliphatic carbocycles. The van der Waals surface area contributed by atoms with Crippen molar-refractivity contribution >= 4 is 11.3 Å². The van der Waals surface area contributed by atoms with Crippen LogP contribution in [0, 0.1) is 6.92 Å². The van der Waals surface area contributed by atoms with Crippen molar-refractivity contribution in [3.8, 4) is 0 Å². The summed E-state index contributed by atoms with van der Waals surface area (Å²) in [6.07, 6.45) is 5.93. The van der Waals surface area contributed by atoms with Crippen LogP contribution in [-0.2, 0) is 6.54 Å². The van der Waals surface area contributed by atoms with Crippen molar-refractivity contribution in [3.05, 3.63) is 16.1 Å². The van der Waals surface area contributed by atoms with Crippen molar-refractivity contribution in [1.82, 2.24) is 15.6 Å². The number of nitrogens with zero attached hydrogens (tertiary/aromatic N) is 1. The van der Waals surface area contributed by atoms with Gasteiger partial charge in [-0.25, -0.2) is 4.98 Å². The largest absolute Gasteiger partial charge is 0.310 e. The lowest BCUT2D eigenvalue weighted by Gasteiger charge is -2.35. The number of aromatic nitrogens is 1.